The lowest BCUT2D eigenvalue weighted by atomic mass is 10.2. The van der Waals surface area contributed by atoms with E-state index in [1.165, 1.54) is 0 Å². The van der Waals surface area contributed by atoms with Gasteiger partial charge in [0.2, 0.25) is 0 Å². The molecule has 0 saturated heterocycles. The fraction of sp³-hybridized carbons (Fsp3) is 0.200. The van der Waals surface area contributed by atoms with Crippen molar-refractivity contribution < 1.29 is 9.90 Å². The third-order valence-corrected chi connectivity index (χ3v) is 1.77. The Morgan fingerprint density at radius 1 is 0.818 bits per heavy atom. The van der Waals surface area contributed by atoms with Gasteiger partial charge in [0.1, 0.15) is 0 Å². The third-order valence-electron chi connectivity index (χ3n) is 1.77. The summed E-state index contributed by atoms with van der Waals surface area (Å²) in [6.45, 7) is 2.13. The van der Waals surface area contributed by atoms with Gasteiger partial charge in [0.05, 0.1) is 6.08 Å². The predicted octanol–water partition coefficient (Wildman–Crippen LogP) is 3.83. The Morgan fingerprint density at radius 3 is 1.73 bits per heavy atom. The molecule has 0 radical (unpaired) electrons. The Bertz CT molecular complexity index is 894. The highest BCUT2D eigenvalue weighted by Gasteiger charge is 1.77. The zero-order valence-corrected chi connectivity index (χ0v) is 12.1. The Hall–Kier alpha value is -3.65. The van der Waals surface area contributed by atoms with Crippen LogP contribution < -0.4 is 0 Å². The molecule has 0 aromatic heterocycles. The van der Waals surface area contributed by atoms with E-state index < -0.39 is 5.97 Å². The van der Waals surface area contributed by atoms with Crippen LogP contribution in [0.1, 0.15) is 26.2 Å². The fourth-order valence-corrected chi connectivity index (χ4v) is 0.881. The monoisotopic (exact) mass is 284 g/mol. The number of carboxylic acid groups (broad SMARTS) is 1. The average molecular weight is 284 g/mol. The molecule has 0 unspecified atom stereocenters. The minimum Gasteiger partial charge on any atom is -0.478 e. The van der Waals surface area contributed by atoms with Gasteiger partial charge in [-0.2, -0.15) is 0 Å². The van der Waals surface area contributed by atoms with Crippen molar-refractivity contribution in [2.45, 2.75) is 26.2 Å². The number of allylic oxidation sites excluding steroid dienone is 1. The van der Waals surface area contributed by atoms with Crippen LogP contribution in [0.15, 0.2) is 86.7 Å². The van der Waals surface area contributed by atoms with Crippen LogP contribution in [0.25, 0.3) is 0 Å². The van der Waals surface area contributed by atoms with E-state index in [4.69, 9.17) is 5.11 Å². The molecule has 0 atom stereocenters. The number of hydrogen-bond acceptors (Lipinski definition) is 1. The maximum atomic E-state index is 10.1. The zero-order valence-electron chi connectivity index (χ0n) is 12.1. The largest absolute Gasteiger partial charge is 0.478 e. The maximum absolute atomic E-state index is 10.1. The van der Waals surface area contributed by atoms with Crippen LogP contribution in [0.4, 0.5) is 0 Å². The highest BCUT2D eigenvalue weighted by atomic mass is 16.4. The summed E-state index contributed by atoms with van der Waals surface area (Å²) in [5.74, 6) is -1.11. The highest BCUT2D eigenvalue weighted by Crippen LogP contribution is 1.92. The number of carbonyl (C=O) groups is 1. The summed E-state index contributed by atoms with van der Waals surface area (Å²) in [5.41, 5.74) is 32.3. The van der Waals surface area contributed by atoms with Crippen molar-refractivity contribution in [1.82, 2.24) is 0 Å². The molecule has 0 bridgehead atoms. The summed E-state index contributed by atoms with van der Waals surface area (Å²) >= 11 is 0. The van der Waals surface area contributed by atoms with Crippen molar-refractivity contribution >= 4 is 5.97 Å². The van der Waals surface area contributed by atoms with E-state index in [2.05, 4.69) is 81.4 Å². The molecule has 0 heterocycles. The second-order valence-corrected chi connectivity index (χ2v) is 3.49. The van der Waals surface area contributed by atoms with Crippen molar-refractivity contribution in [3.8, 4) is 0 Å². The quantitative estimate of drug-likeness (QED) is 0.484. The molecule has 0 aromatic rings. The van der Waals surface area contributed by atoms with Gasteiger partial charge in [-0.15, -0.1) is 0 Å². The first-order chi connectivity index (χ1) is 10.8. The second-order valence-electron chi connectivity index (χ2n) is 3.49. The summed E-state index contributed by atoms with van der Waals surface area (Å²) in [4.78, 5) is 10.1. The van der Waals surface area contributed by atoms with E-state index in [0.717, 1.165) is 25.3 Å². The molecular weight excluding hydrogens is 272 g/mol. The molecule has 0 aliphatic heterocycles. The molecule has 0 spiro atoms. The first-order valence-corrected chi connectivity index (χ1v) is 6.41. The minimum absolute atomic E-state index is 0.801. The van der Waals surface area contributed by atoms with Gasteiger partial charge in [-0.1, -0.05) is 24.8 Å². The van der Waals surface area contributed by atoms with Gasteiger partial charge in [0.25, 0.3) is 0 Å². The molecule has 0 amide bonds. The normalized spacial score (nSPS) is 5.86. The lowest BCUT2D eigenvalue weighted by Gasteiger charge is -1.81. The van der Waals surface area contributed by atoms with Gasteiger partial charge in [0.15, 0.2) is 0 Å². The molecule has 0 rings (SSSR count). The average Bonchev–Trinajstić information content (AvgIpc) is 2.50. The van der Waals surface area contributed by atoms with E-state index in [9.17, 15) is 4.79 Å². The van der Waals surface area contributed by atoms with E-state index in [1.54, 1.807) is 0 Å². The van der Waals surface area contributed by atoms with Crippen molar-refractivity contribution in [2.24, 2.45) is 0 Å². The third kappa shape index (κ3) is 16.3. The topological polar surface area (TPSA) is 37.3 Å². The van der Waals surface area contributed by atoms with E-state index in [1.807, 2.05) is 6.08 Å². The standard InChI is InChI=1S/C20H12O2/c1-2-3-4-5-6-7-8-9-10-11-12-13-14-15-16-17-18-19-20(21)22/h5,19H,2-4H2,1H3,(H,21,22). The van der Waals surface area contributed by atoms with Crippen molar-refractivity contribution in [3.05, 3.63) is 86.7 Å². The lowest BCUT2D eigenvalue weighted by Crippen LogP contribution is -1.82. The Balaban J connectivity index is 5.23. The van der Waals surface area contributed by atoms with Crippen LogP contribution in [-0.4, -0.2) is 11.1 Å². The van der Waals surface area contributed by atoms with Gasteiger partial charge in [-0.3, -0.25) is 0 Å². The van der Waals surface area contributed by atoms with Crippen LogP contribution in [0.2, 0.25) is 0 Å². The summed E-state index contributed by atoms with van der Waals surface area (Å²) < 4.78 is 0. The molecule has 0 aromatic carbocycles. The van der Waals surface area contributed by atoms with Gasteiger partial charge in [0, 0.05) is 0 Å². The van der Waals surface area contributed by atoms with Gasteiger partial charge >= 0.3 is 5.97 Å². The molecule has 2 nitrogen and oxygen atoms in total. The summed E-state index contributed by atoms with van der Waals surface area (Å²) in [6.07, 6.45) is 5.96. The SMILES string of the molecule is CCCCC=C=C=C=C=C=C=C=C=C=C=C=C=C=CC(=O)O. The summed E-state index contributed by atoms with van der Waals surface area (Å²) in [7, 11) is 0. The van der Waals surface area contributed by atoms with E-state index in [0.29, 0.717) is 0 Å². The van der Waals surface area contributed by atoms with Crippen LogP contribution in [0.3, 0.4) is 0 Å². The Morgan fingerprint density at radius 2 is 1.27 bits per heavy atom. The number of carboxylic acids is 1. The molecule has 0 aliphatic rings. The lowest BCUT2D eigenvalue weighted by molar-refractivity contribution is -0.131. The van der Waals surface area contributed by atoms with Gasteiger partial charge in [-0.05, 0) is 82.0 Å². The van der Waals surface area contributed by atoms with Crippen LogP contribution in [0.5, 0.6) is 0 Å². The van der Waals surface area contributed by atoms with Gasteiger partial charge < -0.3 is 5.11 Å². The summed E-state index contributed by atoms with van der Waals surface area (Å²) in [5, 5.41) is 8.26. The predicted molar refractivity (Wildman–Crippen MR) is 82.0 cm³/mol. The van der Waals surface area contributed by atoms with Crippen molar-refractivity contribution in [2.75, 3.05) is 0 Å². The molecule has 2 heteroatoms. The number of unbranched alkanes of at least 4 members (excludes halogenated alkanes) is 2. The molecular formula is C20H12O2. The smallest absolute Gasteiger partial charge is 0.336 e. The molecule has 104 valence electrons. The van der Waals surface area contributed by atoms with E-state index in [-0.39, 0.29) is 0 Å². The van der Waals surface area contributed by atoms with Crippen LogP contribution >= 0.6 is 0 Å². The number of aliphatic carboxylic acids is 1. The zero-order chi connectivity index (χ0) is 16.3. The molecule has 0 aliphatic carbocycles. The van der Waals surface area contributed by atoms with Crippen molar-refractivity contribution in [1.29, 1.82) is 0 Å². The first kappa shape index (κ1) is 18.4. The highest BCUT2D eigenvalue weighted by molar-refractivity contribution is 5.79. The first-order valence-electron chi connectivity index (χ1n) is 6.41. The number of rotatable bonds is 4. The van der Waals surface area contributed by atoms with Crippen LogP contribution in [-0.2, 0) is 4.79 Å². The fourth-order valence-electron chi connectivity index (χ4n) is 0.881. The summed E-state index contributed by atoms with van der Waals surface area (Å²) in [6, 6.07) is 0. The second kappa shape index (κ2) is 15.4. The molecule has 22 heavy (non-hydrogen) atoms. The Labute approximate surface area is 129 Å². The Kier molecular flexibility index (Phi) is 12.9. The number of hydrogen-bond donors (Lipinski definition) is 1. The van der Waals surface area contributed by atoms with Crippen molar-refractivity contribution in [3.63, 3.8) is 0 Å². The molecule has 0 fully saturated rings. The molecule has 1 N–H and O–H groups in total. The van der Waals surface area contributed by atoms with Gasteiger partial charge in [-0.25, -0.2) is 4.79 Å². The van der Waals surface area contributed by atoms with E-state index >= 15 is 0 Å². The molecule has 0 saturated carbocycles. The van der Waals surface area contributed by atoms with Crippen LogP contribution in [0, 0.1) is 0 Å². The maximum Gasteiger partial charge on any atom is 0.336 e. The minimum atomic E-state index is -1.11.